The van der Waals surface area contributed by atoms with Crippen molar-refractivity contribution in [2.24, 2.45) is 11.1 Å². The summed E-state index contributed by atoms with van der Waals surface area (Å²) < 4.78 is 4.96. The summed E-state index contributed by atoms with van der Waals surface area (Å²) in [6.45, 7) is 9.02. The molecule has 0 aliphatic rings. The highest BCUT2D eigenvalue weighted by molar-refractivity contribution is 4.75. The minimum absolute atomic E-state index is 0.337. The fourth-order valence-electron chi connectivity index (χ4n) is 1.34. The van der Waals surface area contributed by atoms with Crippen LogP contribution in [0.25, 0.3) is 0 Å². The third kappa shape index (κ3) is 8.22. The summed E-state index contributed by atoms with van der Waals surface area (Å²) in [5, 5.41) is 3.38. The number of rotatable bonds is 6. The minimum atomic E-state index is 0.337. The summed E-state index contributed by atoms with van der Waals surface area (Å²) in [7, 11) is 1.71. The second-order valence-electron chi connectivity index (χ2n) is 4.64. The number of hydrogen-bond acceptors (Lipinski definition) is 3. The Hall–Kier alpha value is -0.120. The molecule has 0 aromatic carbocycles. The fourth-order valence-corrected chi connectivity index (χ4v) is 1.34. The van der Waals surface area contributed by atoms with Crippen molar-refractivity contribution in [3.63, 3.8) is 0 Å². The molecule has 0 saturated heterocycles. The van der Waals surface area contributed by atoms with Gasteiger partial charge in [0.05, 0.1) is 6.61 Å². The Balaban J connectivity index is 3.63. The molecule has 0 rings (SSSR count). The third-order valence-corrected chi connectivity index (χ3v) is 1.88. The van der Waals surface area contributed by atoms with E-state index in [0.717, 1.165) is 19.6 Å². The van der Waals surface area contributed by atoms with Gasteiger partial charge in [-0.1, -0.05) is 20.8 Å². The van der Waals surface area contributed by atoms with Crippen LogP contribution in [-0.2, 0) is 4.74 Å². The van der Waals surface area contributed by atoms with Gasteiger partial charge in [0, 0.05) is 26.2 Å². The Morgan fingerprint density at radius 3 is 2.38 bits per heavy atom. The quantitative estimate of drug-likeness (QED) is 0.611. The van der Waals surface area contributed by atoms with E-state index in [0.29, 0.717) is 18.0 Å². The SMILES string of the molecule is COCCNC(CN)CC(C)(C)C. The van der Waals surface area contributed by atoms with E-state index in [1.54, 1.807) is 7.11 Å². The van der Waals surface area contributed by atoms with E-state index < -0.39 is 0 Å². The lowest BCUT2D eigenvalue weighted by atomic mass is 9.88. The largest absolute Gasteiger partial charge is 0.383 e. The van der Waals surface area contributed by atoms with Gasteiger partial charge in [0.15, 0.2) is 0 Å². The first-order chi connectivity index (χ1) is 5.99. The Labute approximate surface area is 82.0 Å². The van der Waals surface area contributed by atoms with Crippen molar-refractivity contribution in [1.82, 2.24) is 5.32 Å². The van der Waals surface area contributed by atoms with E-state index >= 15 is 0 Å². The van der Waals surface area contributed by atoms with Crippen LogP contribution < -0.4 is 11.1 Å². The number of nitrogens with two attached hydrogens (primary N) is 1. The second kappa shape index (κ2) is 6.35. The Kier molecular flexibility index (Phi) is 6.29. The molecular weight excluding hydrogens is 164 g/mol. The summed E-state index contributed by atoms with van der Waals surface area (Å²) in [5.74, 6) is 0. The molecule has 0 radical (unpaired) electrons. The van der Waals surface area contributed by atoms with Gasteiger partial charge in [-0.2, -0.15) is 0 Å². The average molecular weight is 188 g/mol. The second-order valence-corrected chi connectivity index (χ2v) is 4.64. The molecule has 0 saturated carbocycles. The van der Waals surface area contributed by atoms with Crippen molar-refractivity contribution in [3.05, 3.63) is 0 Å². The molecule has 3 heteroatoms. The van der Waals surface area contributed by atoms with Crippen LogP contribution in [0, 0.1) is 5.41 Å². The van der Waals surface area contributed by atoms with Crippen molar-refractivity contribution in [2.45, 2.75) is 33.2 Å². The van der Waals surface area contributed by atoms with Crippen molar-refractivity contribution < 1.29 is 4.74 Å². The van der Waals surface area contributed by atoms with Gasteiger partial charge in [-0.05, 0) is 11.8 Å². The summed E-state index contributed by atoms with van der Waals surface area (Å²) in [4.78, 5) is 0. The molecule has 0 aliphatic carbocycles. The first-order valence-electron chi connectivity index (χ1n) is 4.92. The van der Waals surface area contributed by atoms with Crippen molar-refractivity contribution >= 4 is 0 Å². The lowest BCUT2D eigenvalue weighted by molar-refractivity contribution is 0.191. The van der Waals surface area contributed by atoms with E-state index in [-0.39, 0.29) is 0 Å². The van der Waals surface area contributed by atoms with E-state index in [1.165, 1.54) is 0 Å². The molecule has 0 heterocycles. The Morgan fingerprint density at radius 1 is 1.38 bits per heavy atom. The van der Waals surface area contributed by atoms with E-state index in [4.69, 9.17) is 10.5 Å². The molecule has 0 spiro atoms. The number of hydrogen-bond donors (Lipinski definition) is 2. The lowest BCUT2D eigenvalue weighted by Crippen LogP contribution is -2.40. The van der Waals surface area contributed by atoms with Crippen LogP contribution >= 0.6 is 0 Å². The van der Waals surface area contributed by atoms with Gasteiger partial charge in [-0.15, -0.1) is 0 Å². The van der Waals surface area contributed by atoms with Gasteiger partial charge in [-0.25, -0.2) is 0 Å². The number of nitrogens with one attached hydrogen (secondary N) is 1. The molecule has 13 heavy (non-hydrogen) atoms. The Morgan fingerprint density at radius 2 is 2.00 bits per heavy atom. The van der Waals surface area contributed by atoms with Crippen LogP contribution in [0.5, 0.6) is 0 Å². The maximum absolute atomic E-state index is 5.66. The van der Waals surface area contributed by atoms with Crippen LogP contribution in [0.15, 0.2) is 0 Å². The average Bonchev–Trinajstić information content (AvgIpc) is 2.01. The maximum atomic E-state index is 5.66. The summed E-state index contributed by atoms with van der Waals surface area (Å²) >= 11 is 0. The van der Waals surface area contributed by atoms with Gasteiger partial charge < -0.3 is 15.8 Å². The van der Waals surface area contributed by atoms with Crippen LogP contribution in [0.4, 0.5) is 0 Å². The maximum Gasteiger partial charge on any atom is 0.0587 e. The van der Waals surface area contributed by atoms with Crippen LogP contribution in [0.2, 0.25) is 0 Å². The molecular formula is C10H24N2O. The van der Waals surface area contributed by atoms with Gasteiger partial charge in [0.1, 0.15) is 0 Å². The highest BCUT2D eigenvalue weighted by Crippen LogP contribution is 2.20. The first-order valence-corrected chi connectivity index (χ1v) is 4.92. The monoisotopic (exact) mass is 188 g/mol. The smallest absolute Gasteiger partial charge is 0.0587 e. The number of methoxy groups -OCH3 is 1. The van der Waals surface area contributed by atoms with E-state index in [1.807, 2.05) is 0 Å². The molecule has 0 amide bonds. The van der Waals surface area contributed by atoms with Gasteiger partial charge in [0.2, 0.25) is 0 Å². The third-order valence-electron chi connectivity index (χ3n) is 1.88. The summed E-state index contributed by atoms with van der Waals surface area (Å²) in [6, 6.07) is 0.412. The molecule has 0 bridgehead atoms. The zero-order valence-corrected chi connectivity index (χ0v) is 9.39. The highest BCUT2D eigenvalue weighted by atomic mass is 16.5. The first kappa shape index (κ1) is 12.9. The van der Waals surface area contributed by atoms with E-state index in [2.05, 4.69) is 26.1 Å². The molecule has 3 nitrogen and oxygen atoms in total. The van der Waals surface area contributed by atoms with Crippen LogP contribution in [0.3, 0.4) is 0 Å². The molecule has 80 valence electrons. The molecule has 3 N–H and O–H groups in total. The zero-order chi connectivity index (χ0) is 10.3. The molecule has 0 aromatic heterocycles. The molecule has 0 aliphatic heterocycles. The molecule has 0 fully saturated rings. The minimum Gasteiger partial charge on any atom is -0.383 e. The van der Waals surface area contributed by atoms with Crippen molar-refractivity contribution in [2.75, 3.05) is 26.8 Å². The predicted octanol–water partition coefficient (Wildman–Crippen LogP) is 0.986. The lowest BCUT2D eigenvalue weighted by Gasteiger charge is -2.25. The topological polar surface area (TPSA) is 47.3 Å². The summed E-state index contributed by atoms with van der Waals surface area (Å²) in [6.07, 6.45) is 1.10. The predicted molar refractivity (Wildman–Crippen MR) is 56.8 cm³/mol. The number of ether oxygens (including phenoxy) is 1. The Bertz CT molecular complexity index is 121. The zero-order valence-electron chi connectivity index (χ0n) is 9.39. The highest BCUT2D eigenvalue weighted by Gasteiger charge is 2.16. The van der Waals surface area contributed by atoms with E-state index in [9.17, 15) is 0 Å². The normalized spacial score (nSPS) is 14.5. The molecule has 1 unspecified atom stereocenters. The summed E-state index contributed by atoms with van der Waals surface area (Å²) in [5.41, 5.74) is 6.00. The molecule has 1 atom stereocenters. The standard InChI is InChI=1S/C10H24N2O/c1-10(2,3)7-9(8-11)12-5-6-13-4/h9,12H,5-8,11H2,1-4H3. The fraction of sp³-hybridized carbons (Fsp3) is 1.00. The van der Waals surface area contributed by atoms with Crippen LogP contribution in [0.1, 0.15) is 27.2 Å². The van der Waals surface area contributed by atoms with Crippen LogP contribution in [-0.4, -0.2) is 32.8 Å². The van der Waals surface area contributed by atoms with Gasteiger partial charge in [-0.3, -0.25) is 0 Å². The van der Waals surface area contributed by atoms with Gasteiger partial charge in [0.25, 0.3) is 0 Å². The van der Waals surface area contributed by atoms with Crippen molar-refractivity contribution in [1.29, 1.82) is 0 Å². The van der Waals surface area contributed by atoms with Crippen molar-refractivity contribution in [3.8, 4) is 0 Å². The van der Waals surface area contributed by atoms with Gasteiger partial charge >= 0.3 is 0 Å². The molecule has 0 aromatic rings.